The Balaban J connectivity index is 2.31. The molecule has 1 aliphatic heterocycles. The molecule has 1 fully saturated rings. The van der Waals surface area contributed by atoms with E-state index >= 15 is 0 Å². The van der Waals surface area contributed by atoms with E-state index < -0.39 is 0 Å². The highest BCUT2D eigenvalue weighted by molar-refractivity contribution is 5.19. The minimum Gasteiger partial charge on any atom is -0.346 e. The predicted octanol–water partition coefficient (Wildman–Crippen LogP) is 2.79. The molecule has 0 radical (unpaired) electrons. The number of rotatable bonds is 6. The smallest absolute Gasteiger partial charge is 0.0432 e. The molecule has 0 aromatic carbocycles. The number of unbranched alkanes of at least 4 members (excludes halogenated alkanes) is 1. The van der Waals surface area contributed by atoms with E-state index in [1.54, 1.807) is 0 Å². The summed E-state index contributed by atoms with van der Waals surface area (Å²) in [6, 6.07) is 0. The average molecular weight is 206 g/mol. The van der Waals surface area contributed by atoms with Gasteiger partial charge >= 0.3 is 0 Å². The fourth-order valence-electron chi connectivity index (χ4n) is 1.83. The summed E-state index contributed by atoms with van der Waals surface area (Å²) in [4.78, 5) is 2.20. The largest absolute Gasteiger partial charge is 0.346 e. The van der Waals surface area contributed by atoms with Crippen molar-refractivity contribution in [3.8, 4) is 0 Å². The van der Waals surface area contributed by atoms with Crippen molar-refractivity contribution in [2.45, 2.75) is 32.1 Å². The van der Waals surface area contributed by atoms with Gasteiger partial charge in [-0.2, -0.15) is 0 Å². The van der Waals surface area contributed by atoms with E-state index in [0.29, 0.717) is 0 Å². The first-order valence-electron chi connectivity index (χ1n) is 5.65. The molecule has 0 saturated carbocycles. The fourth-order valence-corrected chi connectivity index (χ4v) is 1.83. The normalized spacial score (nSPS) is 16.2. The second kappa shape index (κ2) is 5.76. The first kappa shape index (κ1) is 12.1. The standard InChI is InChI=1S/C13H22N2/c1-11(6-4-5-9-14)10-15-12(2)7-8-13(15)3/h1-10,14H2. The van der Waals surface area contributed by atoms with E-state index in [-0.39, 0.29) is 0 Å². The lowest BCUT2D eigenvalue weighted by Gasteiger charge is -2.21. The van der Waals surface area contributed by atoms with Gasteiger partial charge in [-0.15, -0.1) is 0 Å². The highest BCUT2D eigenvalue weighted by Gasteiger charge is 2.18. The van der Waals surface area contributed by atoms with E-state index in [9.17, 15) is 0 Å². The minimum atomic E-state index is 0.774. The second-order valence-electron chi connectivity index (χ2n) is 4.21. The highest BCUT2D eigenvalue weighted by atomic mass is 15.2. The molecule has 0 bridgehead atoms. The fraction of sp³-hybridized carbons (Fsp3) is 0.538. The monoisotopic (exact) mass is 206 g/mol. The van der Waals surface area contributed by atoms with Gasteiger partial charge in [0.15, 0.2) is 0 Å². The van der Waals surface area contributed by atoms with Crippen molar-refractivity contribution in [2.24, 2.45) is 5.73 Å². The van der Waals surface area contributed by atoms with E-state index in [4.69, 9.17) is 5.73 Å². The molecule has 0 atom stereocenters. The molecule has 1 heterocycles. The lowest BCUT2D eigenvalue weighted by Crippen LogP contribution is -2.18. The maximum atomic E-state index is 5.45. The molecule has 0 aromatic heterocycles. The van der Waals surface area contributed by atoms with Crippen molar-refractivity contribution >= 4 is 0 Å². The van der Waals surface area contributed by atoms with E-state index in [2.05, 4.69) is 24.6 Å². The molecule has 0 aliphatic carbocycles. The number of allylic oxidation sites excluding steroid dienone is 2. The van der Waals surface area contributed by atoms with Gasteiger partial charge in [0.2, 0.25) is 0 Å². The molecule has 0 unspecified atom stereocenters. The maximum Gasteiger partial charge on any atom is 0.0432 e. The SMILES string of the molecule is C=C(CCCCN)CN1C(=C)CCC1=C. The number of nitrogens with two attached hydrogens (primary N) is 1. The summed E-state index contributed by atoms with van der Waals surface area (Å²) in [6.07, 6.45) is 5.39. The third kappa shape index (κ3) is 3.56. The van der Waals surface area contributed by atoms with Gasteiger partial charge in [0.25, 0.3) is 0 Å². The van der Waals surface area contributed by atoms with E-state index in [1.807, 2.05) is 0 Å². The lowest BCUT2D eigenvalue weighted by atomic mass is 10.1. The van der Waals surface area contributed by atoms with Crippen LogP contribution in [-0.4, -0.2) is 18.0 Å². The lowest BCUT2D eigenvalue weighted by molar-refractivity contribution is 0.488. The maximum absolute atomic E-state index is 5.45. The molecular formula is C13H22N2. The molecule has 2 N–H and O–H groups in total. The Labute approximate surface area is 93.1 Å². The third-order valence-electron chi connectivity index (χ3n) is 2.83. The summed E-state index contributed by atoms with van der Waals surface area (Å²) < 4.78 is 0. The van der Waals surface area contributed by atoms with Gasteiger partial charge in [-0.25, -0.2) is 0 Å². The van der Waals surface area contributed by atoms with Crippen LogP contribution in [0.1, 0.15) is 32.1 Å². The number of hydrogen-bond donors (Lipinski definition) is 1. The molecule has 1 rings (SSSR count). The van der Waals surface area contributed by atoms with Crippen LogP contribution in [0.5, 0.6) is 0 Å². The predicted molar refractivity (Wildman–Crippen MR) is 66.3 cm³/mol. The van der Waals surface area contributed by atoms with Gasteiger partial charge in [0.1, 0.15) is 0 Å². The molecule has 1 saturated heterocycles. The Morgan fingerprint density at radius 1 is 1.20 bits per heavy atom. The van der Waals surface area contributed by atoms with Crippen LogP contribution in [0.25, 0.3) is 0 Å². The quantitative estimate of drug-likeness (QED) is 0.535. The molecular weight excluding hydrogens is 184 g/mol. The number of nitrogens with zero attached hydrogens (tertiary/aromatic N) is 1. The molecule has 2 nitrogen and oxygen atoms in total. The molecule has 15 heavy (non-hydrogen) atoms. The first-order chi connectivity index (χ1) is 7.15. The van der Waals surface area contributed by atoms with Crippen LogP contribution in [0.4, 0.5) is 0 Å². The average Bonchev–Trinajstić information content (AvgIpc) is 2.50. The van der Waals surface area contributed by atoms with Crippen LogP contribution in [0.2, 0.25) is 0 Å². The van der Waals surface area contributed by atoms with Crippen LogP contribution < -0.4 is 5.73 Å². The topological polar surface area (TPSA) is 29.3 Å². The van der Waals surface area contributed by atoms with Gasteiger partial charge in [-0.1, -0.05) is 25.3 Å². The number of hydrogen-bond acceptors (Lipinski definition) is 2. The molecule has 1 aliphatic rings. The summed E-state index contributed by atoms with van der Waals surface area (Å²) in [5.41, 5.74) is 9.07. The summed E-state index contributed by atoms with van der Waals surface area (Å²) in [5.74, 6) is 0. The Hall–Kier alpha value is -1.02. The molecule has 2 heteroatoms. The summed E-state index contributed by atoms with van der Waals surface area (Å²) in [6.45, 7) is 13.8. The van der Waals surface area contributed by atoms with Crippen LogP contribution in [0.15, 0.2) is 36.7 Å². The number of likely N-dealkylation sites (tertiary alicyclic amines) is 1. The molecule has 0 amide bonds. The van der Waals surface area contributed by atoms with Gasteiger partial charge < -0.3 is 10.6 Å². The van der Waals surface area contributed by atoms with Crippen molar-refractivity contribution in [2.75, 3.05) is 13.1 Å². The first-order valence-corrected chi connectivity index (χ1v) is 5.65. The van der Waals surface area contributed by atoms with Crippen LogP contribution in [0.3, 0.4) is 0 Å². The van der Waals surface area contributed by atoms with Crippen molar-refractivity contribution in [3.05, 3.63) is 36.7 Å². The van der Waals surface area contributed by atoms with Crippen molar-refractivity contribution in [1.82, 2.24) is 4.90 Å². The second-order valence-corrected chi connectivity index (χ2v) is 4.21. The zero-order valence-electron chi connectivity index (χ0n) is 9.60. The Kier molecular flexibility index (Phi) is 4.63. The Morgan fingerprint density at radius 2 is 1.80 bits per heavy atom. The van der Waals surface area contributed by atoms with Crippen LogP contribution in [0, 0.1) is 0 Å². The van der Waals surface area contributed by atoms with E-state index in [1.165, 1.54) is 17.0 Å². The van der Waals surface area contributed by atoms with Gasteiger partial charge in [-0.05, 0) is 38.6 Å². The van der Waals surface area contributed by atoms with Gasteiger partial charge in [0, 0.05) is 17.9 Å². The third-order valence-corrected chi connectivity index (χ3v) is 2.83. The van der Waals surface area contributed by atoms with Crippen LogP contribution in [-0.2, 0) is 0 Å². The highest BCUT2D eigenvalue weighted by Crippen LogP contribution is 2.28. The Morgan fingerprint density at radius 3 is 2.33 bits per heavy atom. The van der Waals surface area contributed by atoms with Crippen molar-refractivity contribution in [1.29, 1.82) is 0 Å². The molecule has 0 aromatic rings. The molecule has 0 spiro atoms. The van der Waals surface area contributed by atoms with Gasteiger partial charge in [-0.3, -0.25) is 0 Å². The summed E-state index contributed by atoms with van der Waals surface area (Å²) in [5, 5.41) is 0. The van der Waals surface area contributed by atoms with Gasteiger partial charge in [0.05, 0.1) is 0 Å². The van der Waals surface area contributed by atoms with Crippen molar-refractivity contribution in [3.63, 3.8) is 0 Å². The zero-order valence-corrected chi connectivity index (χ0v) is 9.60. The summed E-state index contributed by atoms with van der Waals surface area (Å²) >= 11 is 0. The Bertz CT molecular complexity index is 250. The van der Waals surface area contributed by atoms with Crippen molar-refractivity contribution < 1.29 is 0 Å². The summed E-state index contributed by atoms with van der Waals surface area (Å²) in [7, 11) is 0. The van der Waals surface area contributed by atoms with E-state index in [0.717, 1.165) is 45.2 Å². The minimum absolute atomic E-state index is 0.774. The van der Waals surface area contributed by atoms with Crippen LogP contribution >= 0.6 is 0 Å². The zero-order chi connectivity index (χ0) is 11.3. The molecule has 84 valence electrons.